The van der Waals surface area contributed by atoms with Gasteiger partial charge in [-0.05, 0) is 106 Å². The van der Waals surface area contributed by atoms with E-state index in [1.165, 1.54) is 0 Å². The highest BCUT2D eigenvalue weighted by molar-refractivity contribution is 7.80. The zero-order valence-electron chi connectivity index (χ0n) is 54.7. The number of carboxylic acid groups (broad SMARTS) is 8. The monoisotopic (exact) mass is 1400 g/mol. The number of nitrogens with one attached hydrogen (secondary N) is 8. The fraction of sp³-hybridized carbons (Fsp3) is 0.587. The third kappa shape index (κ3) is 37.8. The molecule has 0 aromatic heterocycles. The number of hydrogen-bond donors (Lipinski definition) is 16. The lowest BCUT2D eigenvalue weighted by Gasteiger charge is -2.37. The van der Waals surface area contributed by atoms with Crippen molar-refractivity contribution in [1.82, 2.24) is 56.8 Å². The molecule has 1 heterocycles. The second-order valence-corrected chi connectivity index (χ2v) is 23.9. The topological polar surface area (TPSA) is 502 Å². The Labute approximate surface area is 571 Å². The summed E-state index contributed by atoms with van der Waals surface area (Å²) in [4.78, 5) is 165. The molecule has 5 unspecified atom stereocenters. The summed E-state index contributed by atoms with van der Waals surface area (Å²) in [7, 11) is 0. The molecule has 1 aliphatic heterocycles. The van der Waals surface area contributed by atoms with Crippen molar-refractivity contribution in [3.8, 4) is 0 Å². The van der Waals surface area contributed by atoms with Gasteiger partial charge in [0, 0.05) is 96.4 Å². The Kier molecular flexibility index (Phi) is 39.6. The van der Waals surface area contributed by atoms with E-state index >= 15 is 0 Å². The van der Waals surface area contributed by atoms with Gasteiger partial charge >= 0.3 is 59.9 Å². The summed E-state index contributed by atoms with van der Waals surface area (Å²) in [6.07, 6.45) is 2.44. The summed E-state index contributed by atoms with van der Waals surface area (Å²) in [6.45, 7) is 0.189. The molecule has 0 aliphatic carbocycles. The van der Waals surface area contributed by atoms with E-state index in [1.807, 2.05) is 23.5 Å². The predicted molar refractivity (Wildman–Crippen MR) is 355 cm³/mol. The largest absolute Gasteiger partial charge is 0.481 e. The zero-order chi connectivity index (χ0) is 72.4. The van der Waals surface area contributed by atoms with Crippen molar-refractivity contribution in [2.75, 3.05) is 96.9 Å². The van der Waals surface area contributed by atoms with Gasteiger partial charge in [-0.2, -0.15) is 0 Å². The van der Waals surface area contributed by atoms with Gasteiger partial charge in [0.25, 0.3) is 0 Å². The molecule has 3 rings (SSSR count). The smallest absolute Gasteiger partial charge is 0.407 e. The molecule has 1 aliphatic rings. The number of unbranched alkanes of at least 4 members (excludes halogenated alkanes) is 6. The van der Waals surface area contributed by atoms with Crippen LogP contribution >= 0.6 is 12.2 Å². The van der Waals surface area contributed by atoms with E-state index in [-0.39, 0.29) is 122 Å². The van der Waals surface area contributed by atoms with E-state index in [0.29, 0.717) is 70.0 Å². The average molecular weight is 1400 g/mol. The number of benzene rings is 2. The summed E-state index contributed by atoms with van der Waals surface area (Å²) < 4.78 is 5.21. The SMILES string of the molecule is O=C(O)CCC(NC(=O)NC(CCC(=O)NCCCCCCCC(=O)NC(CCCCNC(=S)Nc1ccc(CC2CN(CC(=O)O)CCN(CC(=O)O)CCN(CC(=O)O)CCN2CC(=O)O)cc1)C(=O)NC(CCCCNC(=O)OCc1ccccc1)C(=O)O)C(=O)O)C(=O)O. The Hall–Kier alpha value is -9.32. The van der Waals surface area contributed by atoms with Gasteiger partial charge in [0.1, 0.15) is 30.8 Å². The first-order valence-corrected chi connectivity index (χ1v) is 32.8. The van der Waals surface area contributed by atoms with E-state index in [1.54, 1.807) is 56.0 Å². The molecule has 0 spiro atoms. The lowest BCUT2D eigenvalue weighted by Crippen LogP contribution is -2.53. The van der Waals surface area contributed by atoms with Crippen molar-refractivity contribution in [3.05, 3.63) is 65.7 Å². The molecule has 0 saturated carbocycles. The Morgan fingerprint density at radius 2 is 0.939 bits per heavy atom. The number of alkyl carbamates (subject to hydrolysis) is 1. The van der Waals surface area contributed by atoms with Crippen LogP contribution in [0, 0.1) is 0 Å². The second-order valence-electron chi connectivity index (χ2n) is 23.5. The van der Waals surface area contributed by atoms with Gasteiger partial charge in [-0.15, -0.1) is 0 Å². The van der Waals surface area contributed by atoms with Gasteiger partial charge in [-0.1, -0.05) is 61.7 Å². The number of hydrogen-bond acceptors (Lipinski definition) is 19. The number of rotatable bonds is 45. The quantitative estimate of drug-likeness (QED) is 0.0326. The van der Waals surface area contributed by atoms with Crippen molar-refractivity contribution in [2.45, 2.75) is 146 Å². The fourth-order valence-electron chi connectivity index (χ4n) is 10.4. The van der Waals surface area contributed by atoms with Crippen LogP contribution in [0.4, 0.5) is 15.3 Å². The average Bonchev–Trinajstić information content (AvgIpc) is 0.864. The van der Waals surface area contributed by atoms with Crippen molar-refractivity contribution in [3.63, 3.8) is 0 Å². The van der Waals surface area contributed by atoms with Crippen LogP contribution in [0.5, 0.6) is 0 Å². The third-order valence-corrected chi connectivity index (χ3v) is 15.8. The number of ether oxygens (including phenoxy) is 1. The number of urea groups is 1. The molecule has 5 atom stereocenters. The molecule has 0 bridgehead atoms. The highest BCUT2D eigenvalue weighted by Crippen LogP contribution is 2.17. The maximum absolute atomic E-state index is 13.8. The molecule has 544 valence electrons. The standard InChI is InChI=1S/C63H94N12O22S/c76-50(24-22-48(59(91)92)70-61(95)71-49(60(93)94)23-25-52(78)79)64-26-10-3-1-2-7-17-51(77)68-46(57(88)69-47(58(89)90)16-9-12-28-66-63(96)97-41-43-13-5-4-6-14-43)15-8-11-27-65-62(98)67-44-20-18-42(19-21-44)35-45-36-74(39-55(84)85)32-31-72(37-53(80)81)29-30-73(38-54(82)83)33-34-75(45)40-56(86)87/h4-6,13-14,18-21,45-49H,1-3,7-12,15-17,22-41H2,(H,64,76)(H,66,96)(H,68,77)(H,69,88)(H,78,79)(H,80,81)(H,82,83)(H,84,85)(H,86,87)(H,89,90)(H,91,92)(H,93,94)(H2,65,67,98)(H2,70,71,95). The highest BCUT2D eigenvalue weighted by atomic mass is 32.1. The highest BCUT2D eigenvalue weighted by Gasteiger charge is 2.30. The first-order valence-electron chi connectivity index (χ1n) is 32.4. The number of thiocarbonyl (C=S) groups is 1. The van der Waals surface area contributed by atoms with Crippen molar-refractivity contribution >= 4 is 101 Å². The summed E-state index contributed by atoms with van der Waals surface area (Å²) in [5.74, 6) is -11.8. The van der Waals surface area contributed by atoms with E-state index in [9.17, 15) is 98.1 Å². The second kappa shape index (κ2) is 46.8. The number of aliphatic carboxylic acids is 8. The van der Waals surface area contributed by atoms with Crippen LogP contribution in [0.15, 0.2) is 54.6 Å². The number of carbonyl (C=O) groups excluding carboxylic acids is 5. The minimum absolute atomic E-state index is 0.0114. The summed E-state index contributed by atoms with van der Waals surface area (Å²) in [5, 5.41) is 97.9. The fourth-order valence-corrected chi connectivity index (χ4v) is 10.6. The summed E-state index contributed by atoms with van der Waals surface area (Å²) >= 11 is 5.57. The Morgan fingerprint density at radius 3 is 1.51 bits per heavy atom. The van der Waals surface area contributed by atoms with Gasteiger partial charge in [0.15, 0.2) is 5.11 Å². The molecule has 16 N–H and O–H groups in total. The number of carbonyl (C=O) groups is 13. The van der Waals surface area contributed by atoms with E-state index in [2.05, 4.69) is 37.2 Å². The van der Waals surface area contributed by atoms with Crippen LogP contribution in [0.3, 0.4) is 0 Å². The summed E-state index contributed by atoms with van der Waals surface area (Å²) in [6, 6.07) is 8.77. The van der Waals surface area contributed by atoms with Crippen molar-refractivity contribution in [2.24, 2.45) is 0 Å². The maximum Gasteiger partial charge on any atom is 0.407 e. The van der Waals surface area contributed by atoms with E-state index in [0.717, 1.165) is 11.1 Å². The molecule has 34 nitrogen and oxygen atoms in total. The number of nitrogens with zero attached hydrogens (tertiary/aromatic N) is 4. The van der Waals surface area contributed by atoms with Crippen LogP contribution in [0.25, 0.3) is 0 Å². The lowest BCUT2D eigenvalue weighted by molar-refractivity contribution is -0.142. The van der Waals surface area contributed by atoms with Gasteiger partial charge in [0.05, 0.1) is 26.2 Å². The third-order valence-electron chi connectivity index (χ3n) is 15.5. The first kappa shape index (κ1) is 82.9. The van der Waals surface area contributed by atoms with Gasteiger partial charge < -0.3 is 88.1 Å². The minimum Gasteiger partial charge on any atom is -0.481 e. The van der Waals surface area contributed by atoms with Gasteiger partial charge in [-0.25, -0.2) is 24.0 Å². The molecule has 35 heteroatoms. The molecule has 6 amide bonds. The molecule has 0 radical (unpaired) electrons. The lowest BCUT2D eigenvalue weighted by atomic mass is 10.0. The maximum atomic E-state index is 13.8. The molecule has 2 aromatic rings. The number of amides is 6. The van der Waals surface area contributed by atoms with Crippen LogP contribution in [-0.4, -0.2) is 265 Å². The van der Waals surface area contributed by atoms with Crippen molar-refractivity contribution in [1.29, 1.82) is 0 Å². The van der Waals surface area contributed by atoms with Crippen LogP contribution in [0.2, 0.25) is 0 Å². The summed E-state index contributed by atoms with van der Waals surface area (Å²) in [5.41, 5.74) is 2.12. The predicted octanol–water partition coefficient (Wildman–Crippen LogP) is 1.07. The molecule has 1 saturated heterocycles. The molecular weight excluding hydrogens is 1310 g/mol. The Morgan fingerprint density at radius 1 is 0.449 bits per heavy atom. The number of anilines is 1. The number of carboxylic acids is 8. The molecule has 2 aromatic carbocycles. The van der Waals surface area contributed by atoms with Crippen LogP contribution < -0.4 is 42.5 Å². The van der Waals surface area contributed by atoms with Gasteiger partial charge in [-0.3, -0.25) is 58.0 Å². The van der Waals surface area contributed by atoms with E-state index < -0.39 is 134 Å². The van der Waals surface area contributed by atoms with Gasteiger partial charge in [0.2, 0.25) is 17.7 Å². The van der Waals surface area contributed by atoms with Crippen molar-refractivity contribution < 1.29 is 108 Å². The molecule has 1 fully saturated rings. The molecular formula is C63H94N12O22S. The molecule has 98 heavy (non-hydrogen) atoms. The van der Waals surface area contributed by atoms with Crippen LogP contribution in [0.1, 0.15) is 114 Å². The minimum atomic E-state index is -1.59. The Bertz CT molecular complexity index is 2930. The first-order chi connectivity index (χ1) is 46.6. The normalized spacial score (nSPS) is 15.3. The zero-order valence-corrected chi connectivity index (χ0v) is 55.5. The van der Waals surface area contributed by atoms with E-state index in [4.69, 9.17) is 22.1 Å². The Balaban J connectivity index is 1.58. The van der Waals surface area contributed by atoms with Crippen LogP contribution in [-0.2, 0) is 70.5 Å².